The van der Waals surface area contributed by atoms with E-state index in [-0.39, 0.29) is 5.91 Å². The molecule has 2 heterocycles. The summed E-state index contributed by atoms with van der Waals surface area (Å²) in [4.78, 5) is 23.2. The van der Waals surface area contributed by atoms with Crippen molar-refractivity contribution < 1.29 is 4.79 Å². The molecule has 0 atom stereocenters. The lowest BCUT2D eigenvalue weighted by Gasteiger charge is -2.14. The van der Waals surface area contributed by atoms with E-state index in [1.807, 2.05) is 42.7 Å². The van der Waals surface area contributed by atoms with E-state index in [1.165, 1.54) is 11.8 Å². The van der Waals surface area contributed by atoms with Gasteiger partial charge < -0.3 is 0 Å². The van der Waals surface area contributed by atoms with Gasteiger partial charge >= 0.3 is 0 Å². The third kappa shape index (κ3) is 2.76. The number of nitrogens with zero attached hydrogens (tertiary/aromatic N) is 3. The highest BCUT2D eigenvalue weighted by Crippen LogP contribution is 2.23. The van der Waals surface area contributed by atoms with Crippen LogP contribution in [-0.4, -0.2) is 33.8 Å². The second-order valence-electron chi connectivity index (χ2n) is 5.01. The molecular weight excluding hydrogens is 294 g/mol. The first-order valence-corrected chi connectivity index (χ1v) is 8.47. The molecule has 0 bridgehead atoms. The molecule has 22 heavy (non-hydrogen) atoms. The topological polar surface area (TPSA) is 45.6 Å². The molecule has 0 spiro atoms. The number of benzene rings is 1. The number of carbonyl (C=O) groups excluding carboxylic acids is 1. The zero-order chi connectivity index (χ0) is 15.5. The molecule has 1 aliphatic rings. The van der Waals surface area contributed by atoms with Crippen LogP contribution < -0.4 is 0 Å². The number of thioether (sulfide) groups is 1. The van der Waals surface area contributed by atoms with Crippen molar-refractivity contribution in [3.63, 3.8) is 0 Å². The molecule has 0 unspecified atom stereocenters. The molecule has 1 aliphatic heterocycles. The smallest absolute Gasteiger partial charge is 0.278 e. The summed E-state index contributed by atoms with van der Waals surface area (Å²) >= 11 is 1.49. The number of para-hydroxylation sites is 1. The number of fused-ring (bicyclic) bond motifs is 1. The minimum absolute atomic E-state index is 0.0406. The van der Waals surface area contributed by atoms with Crippen LogP contribution in [0.4, 0.5) is 0 Å². The van der Waals surface area contributed by atoms with Gasteiger partial charge in [-0.3, -0.25) is 9.69 Å². The number of hydrogen-bond donors (Lipinski definition) is 0. The van der Waals surface area contributed by atoms with Gasteiger partial charge in [0.1, 0.15) is 5.70 Å². The van der Waals surface area contributed by atoms with E-state index in [4.69, 9.17) is 0 Å². The van der Waals surface area contributed by atoms with Gasteiger partial charge in [0, 0.05) is 11.9 Å². The van der Waals surface area contributed by atoms with Crippen LogP contribution >= 0.6 is 11.8 Å². The molecule has 4 nitrogen and oxygen atoms in total. The van der Waals surface area contributed by atoms with Gasteiger partial charge in [-0.15, -0.1) is 0 Å². The van der Waals surface area contributed by atoms with Gasteiger partial charge in [0.05, 0.1) is 11.2 Å². The fourth-order valence-corrected chi connectivity index (χ4v) is 2.99. The van der Waals surface area contributed by atoms with Gasteiger partial charge in [-0.05, 0) is 30.9 Å². The quantitative estimate of drug-likeness (QED) is 0.814. The van der Waals surface area contributed by atoms with Gasteiger partial charge in [-0.2, -0.15) is 0 Å². The molecule has 5 heteroatoms. The van der Waals surface area contributed by atoms with Crippen molar-refractivity contribution in [3.05, 3.63) is 47.8 Å². The van der Waals surface area contributed by atoms with Crippen molar-refractivity contribution in [3.8, 4) is 0 Å². The number of carbonyl (C=O) groups is 1. The number of amides is 1. The molecule has 2 aromatic rings. The molecule has 1 aromatic heterocycles. The van der Waals surface area contributed by atoms with Gasteiger partial charge in [0.15, 0.2) is 5.17 Å². The highest BCUT2D eigenvalue weighted by Gasteiger charge is 2.28. The lowest BCUT2D eigenvalue weighted by Crippen LogP contribution is -2.30. The van der Waals surface area contributed by atoms with E-state index >= 15 is 0 Å². The molecule has 0 radical (unpaired) electrons. The Morgan fingerprint density at radius 3 is 2.82 bits per heavy atom. The predicted molar refractivity (Wildman–Crippen MR) is 92.7 cm³/mol. The Balaban J connectivity index is 1.96. The molecule has 0 fully saturated rings. The van der Waals surface area contributed by atoms with E-state index in [9.17, 15) is 4.79 Å². The molecule has 0 aliphatic carbocycles. The Morgan fingerprint density at radius 1 is 1.23 bits per heavy atom. The average molecular weight is 311 g/mol. The SMILES string of the molecule is CCCN1C(=O)/C(=C/c2ccc3ccccc3n2)N=C1SC. The summed E-state index contributed by atoms with van der Waals surface area (Å²) in [6, 6.07) is 11.9. The molecule has 0 saturated carbocycles. The number of aliphatic imine (C=N–C) groups is 1. The Labute approximate surface area is 133 Å². The summed E-state index contributed by atoms with van der Waals surface area (Å²) in [7, 11) is 0. The van der Waals surface area contributed by atoms with Crippen molar-refractivity contribution >= 4 is 39.8 Å². The fraction of sp³-hybridized carbons (Fsp3) is 0.235. The second-order valence-corrected chi connectivity index (χ2v) is 5.79. The third-order valence-corrected chi connectivity index (χ3v) is 4.12. The summed E-state index contributed by atoms with van der Waals surface area (Å²) in [5, 5.41) is 1.85. The summed E-state index contributed by atoms with van der Waals surface area (Å²) in [5.41, 5.74) is 2.13. The van der Waals surface area contributed by atoms with E-state index in [2.05, 4.69) is 16.9 Å². The Morgan fingerprint density at radius 2 is 2.05 bits per heavy atom. The minimum Gasteiger partial charge on any atom is -0.286 e. The van der Waals surface area contributed by atoms with Crippen LogP contribution in [0.1, 0.15) is 19.0 Å². The number of rotatable bonds is 3. The Bertz CT molecular complexity index is 782. The maximum Gasteiger partial charge on any atom is 0.278 e. The van der Waals surface area contributed by atoms with Crippen molar-refractivity contribution in [2.45, 2.75) is 13.3 Å². The summed E-state index contributed by atoms with van der Waals surface area (Å²) in [6.07, 6.45) is 4.61. The number of pyridine rings is 1. The maximum atomic E-state index is 12.4. The van der Waals surface area contributed by atoms with Crippen LogP contribution in [0.25, 0.3) is 17.0 Å². The molecule has 3 rings (SSSR count). The highest BCUT2D eigenvalue weighted by atomic mass is 32.2. The molecule has 0 N–H and O–H groups in total. The summed E-state index contributed by atoms with van der Waals surface area (Å²) < 4.78 is 0. The minimum atomic E-state index is -0.0406. The lowest BCUT2D eigenvalue weighted by atomic mass is 10.2. The first-order valence-electron chi connectivity index (χ1n) is 7.25. The lowest BCUT2D eigenvalue weighted by molar-refractivity contribution is -0.122. The van der Waals surface area contributed by atoms with Crippen molar-refractivity contribution in [1.29, 1.82) is 0 Å². The van der Waals surface area contributed by atoms with E-state index in [0.29, 0.717) is 12.2 Å². The Kier molecular flexibility index (Phi) is 4.24. The number of aromatic nitrogens is 1. The van der Waals surface area contributed by atoms with Crippen molar-refractivity contribution in [1.82, 2.24) is 9.88 Å². The largest absolute Gasteiger partial charge is 0.286 e. The average Bonchev–Trinajstić information content (AvgIpc) is 2.84. The molecule has 112 valence electrons. The van der Waals surface area contributed by atoms with Crippen LogP contribution in [0.5, 0.6) is 0 Å². The first-order chi connectivity index (χ1) is 10.7. The second kappa shape index (κ2) is 6.32. The number of amidine groups is 1. The van der Waals surface area contributed by atoms with Gasteiger partial charge in [-0.25, -0.2) is 9.98 Å². The molecule has 0 saturated heterocycles. The monoisotopic (exact) mass is 311 g/mol. The van der Waals surface area contributed by atoms with Gasteiger partial charge in [0.2, 0.25) is 0 Å². The van der Waals surface area contributed by atoms with Crippen LogP contribution in [0.2, 0.25) is 0 Å². The maximum absolute atomic E-state index is 12.4. The van der Waals surface area contributed by atoms with Crippen LogP contribution in [0, 0.1) is 0 Å². The zero-order valence-corrected chi connectivity index (χ0v) is 13.4. The molecular formula is C17H17N3OS. The number of hydrogen-bond acceptors (Lipinski definition) is 4. The van der Waals surface area contributed by atoms with Crippen molar-refractivity contribution in [2.75, 3.05) is 12.8 Å². The third-order valence-electron chi connectivity index (χ3n) is 3.45. The van der Waals surface area contributed by atoms with Gasteiger partial charge in [0.25, 0.3) is 5.91 Å². The van der Waals surface area contributed by atoms with E-state index < -0.39 is 0 Å². The fourth-order valence-electron chi connectivity index (χ4n) is 2.41. The Hall–Kier alpha value is -2.14. The van der Waals surface area contributed by atoms with Crippen molar-refractivity contribution in [2.24, 2.45) is 4.99 Å². The molecule has 1 amide bonds. The standard InChI is InChI=1S/C17H17N3OS/c1-3-10-20-16(21)15(19-17(20)22-2)11-13-9-8-12-6-4-5-7-14(12)18-13/h4-9,11H,3,10H2,1-2H3/b15-11-. The van der Waals surface area contributed by atoms with Crippen LogP contribution in [-0.2, 0) is 4.79 Å². The molecule has 1 aromatic carbocycles. The van der Waals surface area contributed by atoms with Gasteiger partial charge in [-0.1, -0.05) is 43.0 Å². The van der Waals surface area contributed by atoms with Crippen LogP contribution in [0.15, 0.2) is 47.1 Å². The first kappa shape index (κ1) is 14.8. The van der Waals surface area contributed by atoms with E-state index in [0.717, 1.165) is 28.2 Å². The summed E-state index contributed by atoms with van der Waals surface area (Å²) in [5.74, 6) is -0.0406. The normalized spacial score (nSPS) is 16.6. The zero-order valence-electron chi connectivity index (χ0n) is 12.6. The van der Waals surface area contributed by atoms with E-state index in [1.54, 1.807) is 11.0 Å². The summed E-state index contributed by atoms with van der Waals surface area (Å²) in [6.45, 7) is 2.75. The van der Waals surface area contributed by atoms with Crippen LogP contribution in [0.3, 0.4) is 0 Å². The predicted octanol–water partition coefficient (Wildman–Crippen LogP) is 3.55. The highest BCUT2D eigenvalue weighted by molar-refractivity contribution is 8.13.